The van der Waals surface area contributed by atoms with Gasteiger partial charge >= 0.3 is 5.97 Å². The fourth-order valence-electron chi connectivity index (χ4n) is 3.19. The number of likely N-dealkylation sites (N-methyl/N-ethyl adjacent to an activating group) is 1. The van der Waals surface area contributed by atoms with Crippen LogP contribution < -0.4 is 14.4 Å². The molecule has 0 bridgehead atoms. The highest BCUT2D eigenvalue weighted by atomic mass is 32.2. The Morgan fingerprint density at radius 3 is 2.34 bits per heavy atom. The van der Waals surface area contributed by atoms with E-state index in [0.29, 0.717) is 31.1 Å². The zero-order valence-electron chi connectivity index (χ0n) is 16.5. The fraction of sp³-hybridized carbons (Fsp3) is 0.350. The van der Waals surface area contributed by atoms with Gasteiger partial charge in [0, 0.05) is 31.9 Å². The van der Waals surface area contributed by atoms with E-state index in [-0.39, 0.29) is 16.1 Å². The third-order valence-corrected chi connectivity index (χ3v) is 6.17. The molecule has 0 radical (unpaired) electrons. The van der Waals surface area contributed by atoms with E-state index in [1.165, 1.54) is 18.2 Å². The first-order valence-electron chi connectivity index (χ1n) is 9.36. The predicted octanol–water partition coefficient (Wildman–Crippen LogP) is 2.34. The van der Waals surface area contributed by atoms with E-state index >= 15 is 0 Å². The van der Waals surface area contributed by atoms with E-state index in [1.54, 1.807) is 24.3 Å². The largest absolute Gasteiger partial charge is 0.494 e. The first kappa shape index (κ1) is 20.9. The molecule has 2 N–H and O–H groups in total. The van der Waals surface area contributed by atoms with Gasteiger partial charge in [-0.2, -0.15) is 0 Å². The molecule has 0 amide bonds. The van der Waals surface area contributed by atoms with Crippen LogP contribution in [0.1, 0.15) is 17.3 Å². The smallest absolute Gasteiger partial charge is 0.337 e. The van der Waals surface area contributed by atoms with E-state index in [9.17, 15) is 18.3 Å². The number of piperazine rings is 1. The minimum Gasteiger partial charge on any atom is -0.494 e. The minimum atomic E-state index is -3.85. The van der Waals surface area contributed by atoms with E-state index in [4.69, 9.17) is 4.74 Å². The maximum Gasteiger partial charge on any atom is 0.337 e. The lowest BCUT2D eigenvalue weighted by Gasteiger charge is -2.34. The van der Waals surface area contributed by atoms with Crippen molar-refractivity contribution in [3.8, 4) is 5.75 Å². The number of hydrogen-bond donors (Lipinski definition) is 2. The molecular weight excluding hydrogens is 394 g/mol. The molecule has 0 aliphatic carbocycles. The molecular formula is C20H25N3O5S. The van der Waals surface area contributed by atoms with E-state index < -0.39 is 16.0 Å². The SMILES string of the molecule is CCOc1ccc(S(=O)(=O)Nc2ccc(N3CCN(C)CC3)c(C(=O)O)c2)cc1. The zero-order valence-corrected chi connectivity index (χ0v) is 17.3. The molecule has 0 unspecified atom stereocenters. The van der Waals surface area contributed by atoms with Crippen molar-refractivity contribution in [2.45, 2.75) is 11.8 Å². The van der Waals surface area contributed by atoms with Crippen molar-refractivity contribution in [3.63, 3.8) is 0 Å². The van der Waals surface area contributed by atoms with Gasteiger partial charge in [0.1, 0.15) is 5.75 Å². The molecule has 0 aromatic heterocycles. The van der Waals surface area contributed by atoms with Gasteiger partial charge in [-0.05, 0) is 56.4 Å². The van der Waals surface area contributed by atoms with Crippen LogP contribution in [0.3, 0.4) is 0 Å². The van der Waals surface area contributed by atoms with Crippen LogP contribution in [-0.4, -0.2) is 64.2 Å². The van der Waals surface area contributed by atoms with Crippen molar-refractivity contribution in [2.75, 3.05) is 49.5 Å². The number of anilines is 2. The molecule has 0 atom stereocenters. The molecule has 8 nitrogen and oxygen atoms in total. The highest BCUT2D eigenvalue weighted by molar-refractivity contribution is 7.92. The highest BCUT2D eigenvalue weighted by Gasteiger charge is 2.22. The van der Waals surface area contributed by atoms with Crippen molar-refractivity contribution in [1.82, 2.24) is 4.90 Å². The average molecular weight is 420 g/mol. The van der Waals surface area contributed by atoms with Gasteiger partial charge in [-0.25, -0.2) is 13.2 Å². The molecule has 29 heavy (non-hydrogen) atoms. The van der Waals surface area contributed by atoms with E-state index in [0.717, 1.165) is 13.1 Å². The van der Waals surface area contributed by atoms with Crippen molar-refractivity contribution >= 4 is 27.4 Å². The van der Waals surface area contributed by atoms with Gasteiger partial charge in [0.2, 0.25) is 0 Å². The van der Waals surface area contributed by atoms with Crippen LogP contribution in [0.15, 0.2) is 47.4 Å². The number of carboxylic acid groups (broad SMARTS) is 1. The molecule has 1 fully saturated rings. The number of nitrogens with zero attached hydrogens (tertiary/aromatic N) is 2. The lowest BCUT2D eigenvalue weighted by molar-refractivity contribution is 0.0697. The molecule has 156 valence electrons. The van der Waals surface area contributed by atoms with Gasteiger partial charge < -0.3 is 19.6 Å². The molecule has 1 saturated heterocycles. The van der Waals surface area contributed by atoms with Gasteiger partial charge in [-0.15, -0.1) is 0 Å². The van der Waals surface area contributed by atoms with Gasteiger partial charge in [-0.1, -0.05) is 0 Å². The first-order valence-corrected chi connectivity index (χ1v) is 10.8. The summed E-state index contributed by atoms with van der Waals surface area (Å²) >= 11 is 0. The van der Waals surface area contributed by atoms with E-state index in [1.807, 2.05) is 18.9 Å². The summed E-state index contributed by atoms with van der Waals surface area (Å²) in [6.45, 7) is 5.44. The topological polar surface area (TPSA) is 99.2 Å². The number of carboxylic acids is 1. The van der Waals surface area contributed by atoms with Crippen molar-refractivity contribution in [2.24, 2.45) is 0 Å². The molecule has 2 aromatic carbocycles. The maximum absolute atomic E-state index is 12.7. The van der Waals surface area contributed by atoms with Gasteiger partial charge in [0.15, 0.2) is 0 Å². The van der Waals surface area contributed by atoms with Crippen molar-refractivity contribution in [3.05, 3.63) is 48.0 Å². The Morgan fingerprint density at radius 1 is 1.10 bits per heavy atom. The van der Waals surface area contributed by atoms with Crippen LogP contribution in [-0.2, 0) is 10.0 Å². The van der Waals surface area contributed by atoms with E-state index in [2.05, 4.69) is 9.62 Å². The second-order valence-corrected chi connectivity index (χ2v) is 8.52. The molecule has 0 saturated carbocycles. The summed E-state index contributed by atoms with van der Waals surface area (Å²) in [4.78, 5) is 16.0. The number of nitrogens with one attached hydrogen (secondary N) is 1. The summed E-state index contributed by atoms with van der Waals surface area (Å²) in [5.74, 6) is -0.516. The lowest BCUT2D eigenvalue weighted by Crippen LogP contribution is -2.45. The van der Waals surface area contributed by atoms with Gasteiger partial charge in [-0.3, -0.25) is 4.72 Å². The number of benzene rings is 2. The lowest BCUT2D eigenvalue weighted by atomic mass is 10.1. The first-order chi connectivity index (χ1) is 13.8. The second-order valence-electron chi connectivity index (χ2n) is 6.84. The molecule has 2 aromatic rings. The Hall–Kier alpha value is -2.78. The Kier molecular flexibility index (Phi) is 6.29. The quantitative estimate of drug-likeness (QED) is 0.711. The maximum atomic E-state index is 12.7. The molecule has 3 rings (SSSR count). The van der Waals surface area contributed by atoms with Crippen LogP contribution in [0.25, 0.3) is 0 Å². The number of aromatic carboxylic acids is 1. The Balaban J connectivity index is 1.83. The molecule has 9 heteroatoms. The zero-order chi connectivity index (χ0) is 21.0. The predicted molar refractivity (Wildman–Crippen MR) is 112 cm³/mol. The molecule has 1 heterocycles. The number of carbonyl (C=O) groups is 1. The average Bonchev–Trinajstić information content (AvgIpc) is 2.69. The Labute approximate surface area is 170 Å². The number of sulfonamides is 1. The Bertz CT molecular complexity index is 968. The summed E-state index contributed by atoms with van der Waals surface area (Å²) in [6, 6.07) is 10.7. The number of rotatable bonds is 7. The Morgan fingerprint density at radius 2 is 1.76 bits per heavy atom. The van der Waals surface area contributed by atoms with Gasteiger partial charge in [0.05, 0.1) is 22.8 Å². The molecule has 1 aliphatic rings. The minimum absolute atomic E-state index is 0.0703. The second kappa shape index (κ2) is 8.71. The highest BCUT2D eigenvalue weighted by Crippen LogP contribution is 2.27. The monoisotopic (exact) mass is 419 g/mol. The summed E-state index contributed by atoms with van der Waals surface area (Å²) in [7, 11) is -1.83. The third-order valence-electron chi connectivity index (χ3n) is 4.77. The van der Waals surface area contributed by atoms with Crippen LogP contribution in [0.4, 0.5) is 11.4 Å². The van der Waals surface area contributed by atoms with Gasteiger partial charge in [0.25, 0.3) is 10.0 Å². The summed E-state index contributed by atoms with van der Waals surface area (Å²) in [6.07, 6.45) is 0. The standard InChI is InChI=1S/C20H25N3O5S/c1-3-28-16-5-7-17(8-6-16)29(26,27)21-15-4-9-19(18(14-15)20(24)25)23-12-10-22(2)11-13-23/h4-9,14,21H,3,10-13H2,1-2H3,(H,24,25). The molecule has 1 aliphatic heterocycles. The molecule has 0 spiro atoms. The van der Waals surface area contributed by atoms with Crippen LogP contribution in [0.2, 0.25) is 0 Å². The van der Waals surface area contributed by atoms with Crippen molar-refractivity contribution in [1.29, 1.82) is 0 Å². The number of hydrogen-bond acceptors (Lipinski definition) is 6. The number of ether oxygens (including phenoxy) is 1. The van der Waals surface area contributed by atoms with Crippen LogP contribution >= 0.6 is 0 Å². The third kappa shape index (κ3) is 4.99. The summed E-state index contributed by atoms with van der Waals surface area (Å²) in [5, 5.41) is 9.64. The fourth-order valence-corrected chi connectivity index (χ4v) is 4.24. The summed E-state index contributed by atoms with van der Waals surface area (Å²) in [5.41, 5.74) is 0.866. The van der Waals surface area contributed by atoms with Crippen LogP contribution in [0.5, 0.6) is 5.75 Å². The van der Waals surface area contributed by atoms with Crippen LogP contribution in [0, 0.1) is 0 Å². The normalized spacial score (nSPS) is 15.2. The summed E-state index contributed by atoms with van der Waals surface area (Å²) < 4.78 is 33.1. The van der Waals surface area contributed by atoms with Crippen molar-refractivity contribution < 1.29 is 23.1 Å².